The zero-order valence-corrected chi connectivity index (χ0v) is 14.1. The summed E-state index contributed by atoms with van der Waals surface area (Å²) < 4.78 is 26.7. The van der Waals surface area contributed by atoms with Crippen LogP contribution in [0.15, 0.2) is 28.3 Å². The van der Waals surface area contributed by atoms with Gasteiger partial charge >= 0.3 is 5.97 Å². The molecule has 0 aromatic heterocycles. The summed E-state index contributed by atoms with van der Waals surface area (Å²) in [5.74, 6) is -1.48. The lowest BCUT2D eigenvalue weighted by Gasteiger charge is -2.38. The molecule has 0 aliphatic carbocycles. The Balaban J connectivity index is 1.81. The van der Waals surface area contributed by atoms with Gasteiger partial charge < -0.3 is 14.9 Å². The van der Waals surface area contributed by atoms with Gasteiger partial charge in [0.2, 0.25) is 0 Å². The number of amidine groups is 1. The van der Waals surface area contributed by atoms with Crippen molar-refractivity contribution in [3.63, 3.8) is 0 Å². The van der Waals surface area contributed by atoms with Gasteiger partial charge in [0.25, 0.3) is 15.9 Å². The molecule has 3 heterocycles. The van der Waals surface area contributed by atoms with Gasteiger partial charge in [-0.1, -0.05) is 0 Å². The van der Waals surface area contributed by atoms with Gasteiger partial charge in [-0.2, -0.15) is 0 Å². The first-order chi connectivity index (χ1) is 11.3. The third-order valence-electron chi connectivity index (χ3n) is 4.64. The minimum Gasteiger partial charge on any atom is -0.481 e. The normalized spacial score (nSPS) is 28.7. The predicted octanol–water partition coefficient (Wildman–Crippen LogP) is 0.196. The Kier molecular flexibility index (Phi) is 4.20. The summed E-state index contributed by atoms with van der Waals surface area (Å²) >= 11 is 0. The van der Waals surface area contributed by atoms with Crippen LogP contribution in [0.4, 0.5) is 0 Å². The van der Waals surface area contributed by atoms with Gasteiger partial charge in [0, 0.05) is 25.3 Å². The molecule has 9 heteroatoms. The molecule has 3 rings (SSSR count). The molecule has 0 radical (unpaired) electrons. The van der Waals surface area contributed by atoms with E-state index in [1.54, 1.807) is 22.9 Å². The van der Waals surface area contributed by atoms with Crippen LogP contribution in [0.1, 0.15) is 19.8 Å². The summed E-state index contributed by atoms with van der Waals surface area (Å²) in [5.41, 5.74) is 0.408. The first-order valence-corrected chi connectivity index (χ1v) is 9.42. The second-order valence-corrected chi connectivity index (χ2v) is 7.93. The fourth-order valence-electron chi connectivity index (χ4n) is 3.25. The number of carboxylic acids is 1. The van der Waals surface area contributed by atoms with E-state index in [0.29, 0.717) is 30.8 Å². The van der Waals surface area contributed by atoms with Crippen molar-refractivity contribution < 1.29 is 23.1 Å². The van der Waals surface area contributed by atoms with Gasteiger partial charge in [-0.25, -0.2) is 8.42 Å². The Labute approximate surface area is 140 Å². The molecule has 0 bridgehead atoms. The fraction of sp³-hybridized carbons (Fsp3) is 0.533. The SMILES string of the molecule is C[C@@H]1[C@H](C(=O)O)CCCN1C(=O)C1=CN2CCS(=O)(=O)N=C2C=C1. The molecule has 3 aliphatic heterocycles. The molecule has 1 amide bonds. The zero-order chi connectivity index (χ0) is 17.5. The Morgan fingerprint density at radius 1 is 1.29 bits per heavy atom. The molecule has 130 valence electrons. The lowest BCUT2D eigenvalue weighted by molar-refractivity contribution is -0.148. The van der Waals surface area contributed by atoms with Gasteiger partial charge in [0.15, 0.2) is 0 Å². The molecule has 0 unspecified atom stereocenters. The number of aliphatic carboxylic acids is 1. The number of nitrogens with zero attached hydrogens (tertiary/aromatic N) is 3. The molecule has 2 atom stereocenters. The van der Waals surface area contributed by atoms with E-state index in [1.165, 1.54) is 12.2 Å². The number of carbonyl (C=O) groups excluding carboxylic acids is 1. The van der Waals surface area contributed by atoms with Crippen molar-refractivity contribution in [3.05, 3.63) is 23.9 Å². The molecule has 1 fully saturated rings. The number of sulfonamides is 1. The van der Waals surface area contributed by atoms with E-state index in [2.05, 4.69) is 4.40 Å². The zero-order valence-electron chi connectivity index (χ0n) is 13.3. The number of hydrogen-bond acceptors (Lipinski definition) is 5. The van der Waals surface area contributed by atoms with E-state index in [4.69, 9.17) is 0 Å². The molecule has 0 aromatic rings. The summed E-state index contributed by atoms with van der Waals surface area (Å²) in [5, 5.41) is 9.27. The van der Waals surface area contributed by atoms with Gasteiger partial charge in [0.05, 0.1) is 17.2 Å². The molecule has 3 aliphatic rings. The van der Waals surface area contributed by atoms with Crippen LogP contribution in [-0.2, 0) is 19.6 Å². The number of likely N-dealkylation sites (tertiary alicyclic amines) is 1. The highest BCUT2D eigenvalue weighted by molar-refractivity contribution is 7.90. The molecule has 1 N–H and O–H groups in total. The number of rotatable bonds is 2. The van der Waals surface area contributed by atoms with E-state index in [0.717, 1.165) is 0 Å². The minimum absolute atomic E-state index is 0.0937. The van der Waals surface area contributed by atoms with E-state index in [9.17, 15) is 23.1 Å². The van der Waals surface area contributed by atoms with Gasteiger partial charge in [-0.05, 0) is 31.9 Å². The van der Waals surface area contributed by atoms with Gasteiger partial charge in [-0.15, -0.1) is 4.40 Å². The van der Waals surface area contributed by atoms with Crippen molar-refractivity contribution in [2.24, 2.45) is 10.3 Å². The summed E-state index contributed by atoms with van der Waals surface area (Å²) in [6.07, 6.45) is 5.85. The van der Waals surface area contributed by atoms with Crippen LogP contribution in [0.3, 0.4) is 0 Å². The first kappa shape index (κ1) is 16.7. The predicted molar refractivity (Wildman–Crippen MR) is 86.7 cm³/mol. The number of fused-ring (bicyclic) bond motifs is 1. The van der Waals surface area contributed by atoms with E-state index < -0.39 is 21.9 Å². The summed E-state index contributed by atoms with van der Waals surface area (Å²) in [6, 6.07) is -0.380. The lowest BCUT2D eigenvalue weighted by atomic mass is 9.89. The van der Waals surface area contributed by atoms with Gasteiger partial charge in [-0.3, -0.25) is 9.59 Å². The van der Waals surface area contributed by atoms with Crippen molar-refractivity contribution in [3.8, 4) is 0 Å². The van der Waals surface area contributed by atoms with Crippen LogP contribution in [-0.4, -0.2) is 65.9 Å². The average Bonchev–Trinajstić information content (AvgIpc) is 2.53. The lowest BCUT2D eigenvalue weighted by Crippen LogP contribution is -2.50. The summed E-state index contributed by atoms with van der Waals surface area (Å²) in [7, 11) is -3.43. The van der Waals surface area contributed by atoms with Crippen molar-refractivity contribution >= 4 is 27.7 Å². The number of carboxylic acid groups (broad SMARTS) is 1. The topological polar surface area (TPSA) is 107 Å². The van der Waals surface area contributed by atoms with Crippen molar-refractivity contribution in [2.45, 2.75) is 25.8 Å². The fourth-order valence-corrected chi connectivity index (χ4v) is 4.22. The molecule has 0 saturated carbocycles. The Bertz CT molecular complexity index is 768. The van der Waals surface area contributed by atoms with Crippen LogP contribution in [0, 0.1) is 5.92 Å². The summed E-state index contributed by atoms with van der Waals surface area (Å²) in [4.78, 5) is 27.3. The first-order valence-electron chi connectivity index (χ1n) is 7.81. The van der Waals surface area contributed by atoms with Crippen molar-refractivity contribution in [1.82, 2.24) is 9.80 Å². The second-order valence-electron chi connectivity index (χ2n) is 6.17. The van der Waals surface area contributed by atoms with Crippen LogP contribution < -0.4 is 0 Å². The Hall–Kier alpha value is -2.16. The van der Waals surface area contributed by atoms with E-state index in [-0.39, 0.29) is 24.2 Å². The van der Waals surface area contributed by atoms with Crippen molar-refractivity contribution in [2.75, 3.05) is 18.8 Å². The van der Waals surface area contributed by atoms with Gasteiger partial charge in [0.1, 0.15) is 5.84 Å². The van der Waals surface area contributed by atoms with E-state index >= 15 is 0 Å². The standard InChI is InChI=1S/C15H19N3O5S/c1-10-12(15(20)21)3-2-6-18(10)14(19)11-4-5-13-16-24(22,23)8-7-17(13)9-11/h4-5,9-10,12H,2-3,6-8H2,1H3,(H,20,21)/t10-,12-/m1/s1. The number of amides is 1. The molecule has 24 heavy (non-hydrogen) atoms. The van der Waals surface area contributed by atoms with Crippen molar-refractivity contribution in [1.29, 1.82) is 0 Å². The Morgan fingerprint density at radius 2 is 2.04 bits per heavy atom. The smallest absolute Gasteiger partial charge is 0.308 e. The molecular weight excluding hydrogens is 334 g/mol. The quantitative estimate of drug-likeness (QED) is 0.760. The monoisotopic (exact) mass is 353 g/mol. The van der Waals surface area contributed by atoms with Crippen LogP contribution in [0.25, 0.3) is 0 Å². The third kappa shape index (κ3) is 3.08. The Morgan fingerprint density at radius 3 is 2.75 bits per heavy atom. The third-order valence-corrected chi connectivity index (χ3v) is 5.80. The second kappa shape index (κ2) is 6.04. The van der Waals surface area contributed by atoms with E-state index in [1.807, 2.05) is 0 Å². The minimum atomic E-state index is -3.43. The van der Waals surface area contributed by atoms with Crippen LogP contribution in [0.5, 0.6) is 0 Å². The molecule has 0 aromatic carbocycles. The number of piperidine rings is 1. The maximum atomic E-state index is 12.8. The highest BCUT2D eigenvalue weighted by Gasteiger charge is 2.36. The number of hydrogen-bond donors (Lipinski definition) is 1. The number of carbonyl (C=O) groups is 2. The highest BCUT2D eigenvalue weighted by atomic mass is 32.2. The molecule has 1 saturated heterocycles. The maximum absolute atomic E-state index is 12.8. The highest BCUT2D eigenvalue weighted by Crippen LogP contribution is 2.26. The average molecular weight is 353 g/mol. The molecule has 8 nitrogen and oxygen atoms in total. The molecular formula is C15H19N3O5S. The molecule has 0 spiro atoms. The maximum Gasteiger partial charge on any atom is 0.308 e. The largest absolute Gasteiger partial charge is 0.481 e. The summed E-state index contributed by atoms with van der Waals surface area (Å²) in [6.45, 7) is 2.52. The van der Waals surface area contributed by atoms with Crippen LogP contribution >= 0.6 is 0 Å². The van der Waals surface area contributed by atoms with Crippen LogP contribution in [0.2, 0.25) is 0 Å².